The van der Waals surface area contributed by atoms with Crippen LogP contribution < -0.4 is 0 Å². The van der Waals surface area contributed by atoms with Gasteiger partial charge in [0.25, 0.3) is 0 Å². The molecule has 0 unspecified atom stereocenters. The lowest BCUT2D eigenvalue weighted by Crippen LogP contribution is -2.46. The smallest absolute Gasteiger partial charge is 0.372 e. The van der Waals surface area contributed by atoms with Gasteiger partial charge in [0.2, 0.25) is 0 Å². The van der Waals surface area contributed by atoms with E-state index in [1.807, 2.05) is 11.1 Å². The molecule has 0 amide bonds. The van der Waals surface area contributed by atoms with Gasteiger partial charge in [0, 0.05) is 42.8 Å². The van der Waals surface area contributed by atoms with Crippen LogP contribution in [0.15, 0.2) is 49.2 Å². The van der Waals surface area contributed by atoms with Crippen LogP contribution in [0, 0.1) is 11.3 Å². The number of halogens is 3. The lowest BCUT2D eigenvalue weighted by atomic mass is 9.88. The molecule has 4 rings (SSSR count). The summed E-state index contributed by atoms with van der Waals surface area (Å²) in [6.07, 6.45) is 5.46. The number of hydrogen-bond acceptors (Lipinski definition) is 3. The highest BCUT2D eigenvalue weighted by Gasteiger charge is 2.48. The van der Waals surface area contributed by atoms with Crippen LogP contribution in [0.2, 0.25) is 0 Å². The van der Waals surface area contributed by atoms with E-state index in [4.69, 9.17) is 4.98 Å². The normalized spacial score (nSPS) is 18.4. The lowest BCUT2D eigenvalue weighted by Gasteiger charge is -2.38. The molecule has 0 aliphatic carbocycles. The fraction of sp³-hybridized carbons (Fsp3) is 0.567. The Morgan fingerprint density at radius 2 is 1.56 bits per heavy atom. The zero-order valence-electron chi connectivity index (χ0n) is 21.8. The number of aromatic nitrogens is 1. The van der Waals surface area contributed by atoms with Crippen molar-refractivity contribution in [3.8, 4) is 11.1 Å². The van der Waals surface area contributed by atoms with E-state index in [-0.39, 0.29) is 6.54 Å². The molecule has 2 aliphatic heterocycles. The van der Waals surface area contributed by atoms with Crippen molar-refractivity contribution in [2.45, 2.75) is 65.0 Å². The summed E-state index contributed by atoms with van der Waals surface area (Å²) in [6, 6.07) is 12.9. The third-order valence-corrected chi connectivity index (χ3v) is 8.02. The van der Waals surface area contributed by atoms with E-state index in [9.17, 15) is 13.2 Å². The second-order valence-electron chi connectivity index (χ2n) is 11.2. The van der Waals surface area contributed by atoms with Crippen LogP contribution in [0.4, 0.5) is 13.2 Å². The Kier molecular flexibility index (Phi) is 8.44. The lowest BCUT2D eigenvalue weighted by molar-refractivity contribution is -0.217. The standard InChI is InChI=1S/C30H40F3N3/c1-23(36-17-5-4-6-18-36)25-8-10-26(11-9-25)27-12-14-28(34-21-27)13-7-24-15-19-35(20-16-24)22-29(2,3)30(31,32)33/h8-12,14,21,24H,1,4-7,13,15-20,22H2,2-3H3. The van der Waals surface area contributed by atoms with Gasteiger partial charge in [-0.25, -0.2) is 0 Å². The quantitative estimate of drug-likeness (QED) is 0.376. The number of benzene rings is 1. The predicted molar refractivity (Wildman–Crippen MR) is 141 cm³/mol. The molecule has 3 nitrogen and oxygen atoms in total. The van der Waals surface area contributed by atoms with E-state index in [0.717, 1.165) is 74.4 Å². The van der Waals surface area contributed by atoms with Gasteiger partial charge in [-0.2, -0.15) is 13.2 Å². The molecule has 2 aliphatic rings. The average molecular weight is 500 g/mol. The molecule has 2 aromatic rings. The monoisotopic (exact) mass is 499 g/mol. The van der Waals surface area contributed by atoms with E-state index in [1.165, 1.54) is 38.7 Å². The van der Waals surface area contributed by atoms with Crippen molar-refractivity contribution in [1.29, 1.82) is 0 Å². The molecule has 196 valence electrons. The van der Waals surface area contributed by atoms with E-state index in [2.05, 4.69) is 47.9 Å². The molecule has 6 heteroatoms. The molecule has 0 spiro atoms. The average Bonchev–Trinajstić information content (AvgIpc) is 2.88. The minimum absolute atomic E-state index is 0.0829. The first-order chi connectivity index (χ1) is 17.1. The number of alkyl halides is 3. The Bertz CT molecular complexity index is 982. The van der Waals surface area contributed by atoms with Gasteiger partial charge in [0.05, 0.1) is 5.41 Å². The number of likely N-dealkylation sites (tertiary alicyclic amines) is 2. The molecule has 2 fully saturated rings. The van der Waals surface area contributed by atoms with Gasteiger partial charge in [0.1, 0.15) is 0 Å². The van der Waals surface area contributed by atoms with Crippen LogP contribution in [-0.2, 0) is 6.42 Å². The van der Waals surface area contributed by atoms with Crippen molar-refractivity contribution in [2.75, 3.05) is 32.7 Å². The minimum atomic E-state index is -4.16. The molecule has 0 N–H and O–H groups in total. The summed E-state index contributed by atoms with van der Waals surface area (Å²) in [5.41, 5.74) is 3.97. The first-order valence-corrected chi connectivity index (χ1v) is 13.4. The van der Waals surface area contributed by atoms with Crippen molar-refractivity contribution < 1.29 is 13.2 Å². The van der Waals surface area contributed by atoms with E-state index in [0.29, 0.717) is 5.92 Å². The second-order valence-corrected chi connectivity index (χ2v) is 11.2. The van der Waals surface area contributed by atoms with Gasteiger partial charge in [-0.15, -0.1) is 0 Å². The van der Waals surface area contributed by atoms with Gasteiger partial charge in [-0.3, -0.25) is 4.98 Å². The molecule has 3 heterocycles. The van der Waals surface area contributed by atoms with E-state index >= 15 is 0 Å². The van der Waals surface area contributed by atoms with Gasteiger partial charge >= 0.3 is 6.18 Å². The van der Waals surface area contributed by atoms with Crippen molar-refractivity contribution in [1.82, 2.24) is 14.8 Å². The van der Waals surface area contributed by atoms with Crippen LogP contribution in [0.25, 0.3) is 16.8 Å². The SMILES string of the molecule is C=C(c1ccc(-c2ccc(CCC3CCN(CC(C)(C)C(F)(F)F)CC3)nc2)cc1)N1CCCCC1. The van der Waals surface area contributed by atoms with Crippen LogP contribution >= 0.6 is 0 Å². The number of rotatable bonds is 8. The van der Waals surface area contributed by atoms with Crippen LogP contribution in [0.1, 0.15) is 63.6 Å². The summed E-state index contributed by atoms with van der Waals surface area (Å²) < 4.78 is 39.6. The third kappa shape index (κ3) is 6.70. The first kappa shape index (κ1) is 26.7. The molecular weight excluding hydrogens is 459 g/mol. The maximum atomic E-state index is 13.2. The molecule has 2 saturated heterocycles. The Morgan fingerprint density at radius 1 is 0.917 bits per heavy atom. The summed E-state index contributed by atoms with van der Waals surface area (Å²) in [5, 5.41) is 0. The summed E-state index contributed by atoms with van der Waals surface area (Å²) in [4.78, 5) is 9.07. The third-order valence-electron chi connectivity index (χ3n) is 8.02. The number of piperidine rings is 2. The minimum Gasteiger partial charge on any atom is -0.372 e. The topological polar surface area (TPSA) is 19.4 Å². The van der Waals surface area contributed by atoms with Gasteiger partial charge in [0.15, 0.2) is 0 Å². The van der Waals surface area contributed by atoms with Gasteiger partial charge in [-0.1, -0.05) is 36.9 Å². The predicted octanol–water partition coefficient (Wildman–Crippen LogP) is 7.44. The van der Waals surface area contributed by atoms with Crippen LogP contribution in [0.5, 0.6) is 0 Å². The molecule has 36 heavy (non-hydrogen) atoms. The fourth-order valence-electron chi connectivity index (χ4n) is 5.38. The Labute approximate surface area is 214 Å². The summed E-state index contributed by atoms with van der Waals surface area (Å²) in [5.74, 6) is 0.553. The van der Waals surface area contributed by atoms with E-state index < -0.39 is 11.6 Å². The maximum absolute atomic E-state index is 13.2. The highest BCUT2D eigenvalue weighted by atomic mass is 19.4. The number of pyridine rings is 1. The Balaban J connectivity index is 1.24. The molecular formula is C30H40F3N3. The molecule has 0 radical (unpaired) electrons. The highest BCUT2D eigenvalue weighted by Crippen LogP contribution is 2.39. The zero-order chi connectivity index (χ0) is 25.8. The molecule has 1 aromatic carbocycles. The van der Waals surface area contributed by atoms with Crippen molar-refractivity contribution in [2.24, 2.45) is 11.3 Å². The summed E-state index contributed by atoms with van der Waals surface area (Å²) in [6.45, 7) is 10.7. The number of hydrogen-bond donors (Lipinski definition) is 0. The van der Waals surface area contributed by atoms with E-state index in [1.54, 1.807) is 0 Å². The van der Waals surface area contributed by atoms with Crippen molar-refractivity contribution in [3.05, 3.63) is 60.4 Å². The van der Waals surface area contributed by atoms with Crippen molar-refractivity contribution >= 4 is 5.70 Å². The van der Waals surface area contributed by atoms with Gasteiger partial charge < -0.3 is 9.80 Å². The number of aryl methyl sites for hydroxylation is 1. The van der Waals surface area contributed by atoms with Crippen LogP contribution in [0.3, 0.4) is 0 Å². The molecule has 0 atom stereocenters. The summed E-state index contributed by atoms with van der Waals surface area (Å²) in [7, 11) is 0. The first-order valence-electron chi connectivity index (χ1n) is 13.4. The Hall–Kier alpha value is -2.34. The Morgan fingerprint density at radius 3 is 2.14 bits per heavy atom. The fourth-order valence-corrected chi connectivity index (χ4v) is 5.38. The summed E-state index contributed by atoms with van der Waals surface area (Å²) >= 11 is 0. The maximum Gasteiger partial charge on any atom is 0.395 e. The molecule has 1 aromatic heterocycles. The van der Waals surface area contributed by atoms with Crippen molar-refractivity contribution in [3.63, 3.8) is 0 Å². The second kappa shape index (κ2) is 11.4. The van der Waals surface area contributed by atoms with Crippen LogP contribution in [-0.4, -0.2) is 53.7 Å². The number of nitrogens with zero attached hydrogens (tertiary/aromatic N) is 3. The molecule has 0 bridgehead atoms. The van der Waals surface area contributed by atoms with Gasteiger partial charge in [-0.05, 0) is 95.0 Å². The largest absolute Gasteiger partial charge is 0.395 e. The zero-order valence-corrected chi connectivity index (χ0v) is 21.8. The molecule has 0 saturated carbocycles. The highest BCUT2D eigenvalue weighted by molar-refractivity contribution is 5.68.